The minimum atomic E-state index is -0.305. The van der Waals surface area contributed by atoms with Crippen molar-refractivity contribution in [3.05, 3.63) is 100 Å². The molecule has 1 amide bonds. The minimum Gasteiger partial charge on any atom is -0.483 e. The van der Waals surface area contributed by atoms with Crippen molar-refractivity contribution in [2.75, 3.05) is 6.61 Å². The van der Waals surface area contributed by atoms with Crippen LogP contribution in [0.2, 0.25) is 0 Å². The van der Waals surface area contributed by atoms with Gasteiger partial charge in [-0.05, 0) is 58.1 Å². The molecule has 154 valence electrons. The molecule has 0 aliphatic carbocycles. The summed E-state index contributed by atoms with van der Waals surface area (Å²) in [6, 6.07) is 26.1. The van der Waals surface area contributed by atoms with E-state index in [-0.39, 0.29) is 18.4 Å². The third kappa shape index (κ3) is 5.80. The third-order valence-corrected chi connectivity index (χ3v) is 5.42. The molecule has 5 heteroatoms. The summed E-state index contributed by atoms with van der Waals surface area (Å²) in [6.45, 7) is 3.91. The quantitative estimate of drug-likeness (QED) is 0.342. The lowest BCUT2D eigenvalue weighted by Crippen LogP contribution is -2.26. The van der Waals surface area contributed by atoms with Gasteiger partial charge in [-0.3, -0.25) is 4.79 Å². The Hall–Kier alpha value is -2.92. The second-order valence-electron chi connectivity index (χ2n) is 6.95. The number of aryl methyl sites for hydroxylation is 1. The van der Waals surface area contributed by atoms with Crippen LogP contribution in [0.15, 0.2) is 88.4 Å². The highest BCUT2D eigenvalue weighted by Crippen LogP contribution is 2.27. The van der Waals surface area contributed by atoms with Gasteiger partial charge in [-0.1, -0.05) is 73.7 Å². The summed E-state index contributed by atoms with van der Waals surface area (Å²) >= 11 is 3.49. The van der Waals surface area contributed by atoms with Crippen molar-refractivity contribution in [2.45, 2.75) is 26.2 Å². The number of hydrogen-bond donors (Lipinski definition) is 1. The summed E-state index contributed by atoms with van der Waals surface area (Å²) in [5.74, 6) is 0.291. The summed E-state index contributed by atoms with van der Waals surface area (Å²) in [4.78, 5) is 12.3. The zero-order valence-corrected chi connectivity index (χ0v) is 18.7. The fraction of sp³-hybridized carbons (Fsp3) is 0.200. The smallest absolute Gasteiger partial charge is 0.277 e. The molecule has 3 aromatic carbocycles. The van der Waals surface area contributed by atoms with E-state index in [0.717, 1.165) is 27.7 Å². The number of carbonyl (C=O) groups excluding carboxylic acids is 1. The molecule has 4 nitrogen and oxygen atoms in total. The van der Waals surface area contributed by atoms with Crippen molar-refractivity contribution < 1.29 is 9.53 Å². The van der Waals surface area contributed by atoms with Crippen molar-refractivity contribution >= 4 is 27.5 Å². The van der Waals surface area contributed by atoms with E-state index in [1.165, 1.54) is 5.56 Å². The second-order valence-corrected chi connectivity index (χ2v) is 7.80. The molecule has 0 saturated heterocycles. The van der Waals surface area contributed by atoms with E-state index in [1.54, 1.807) is 0 Å². The molecular formula is C25H25BrN2O2. The Morgan fingerprint density at radius 2 is 1.60 bits per heavy atom. The van der Waals surface area contributed by atoms with Gasteiger partial charge in [0.2, 0.25) is 0 Å². The van der Waals surface area contributed by atoms with Gasteiger partial charge in [0.25, 0.3) is 5.91 Å². The average molecular weight is 465 g/mol. The third-order valence-electron chi connectivity index (χ3n) is 4.80. The number of carbonyl (C=O) groups is 1. The number of ether oxygens (including phenoxy) is 1. The highest BCUT2D eigenvalue weighted by molar-refractivity contribution is 9.10. The molecule has 0 bridgehead atoms. The van der Waals surface area contributed by atoms with E-state index < -0.39 is 0 Å². The molecule has 0 fully saturated rings. The van der Waals surface area contributed by atoms with Crippen LogP contribution in [0.5, 0.6) is 5.75 Å². The highest BCUT2D eigenvalue weighted by Gasteiger charge is 2.17. The molecule has 0 aliphatic heterocycles. The van der Waals surface area contributed by atoms with E-state index in [1.807, 2.05) is 61.5 Å². The predicted molar refractivity (Wildman–Crippen MR) is 125 cm³/mol. The summed E-state index contributed by atoms with van der Waals surface area (Å²) in [5.41, 5.74) is 6.87. The lowest BCUT2D eigenvalue weighted by molar-refractivity contribution is -0.123. The number of hydrogen-bond acceptors (Lipinski definition) is 3. The number of amides is 1. The Labute approximate surface area is 186 Å². The van der Waals surface area contributed by atoms with E-state index in [0.29, 0.717) is 5.75 Å². The molecule has 3 aromatic rings. The van der Waals surface area contributed by atoms with Gasteiger partial charge >= 0.3 is 0 Å². The number of hydrazone groups is 1. The maximum atomic E-state index is 12.3. The van der Waals surface area contributed by atoms with Crippen LogP contribution in [0.4, 0.5) is 0 Å². The number of rotatable bonds is 8. The molecule has 0 aromatic heterocycles. The Morgan fingerprint density at radius 3 is 2.13 bits per heavy atom. The van der Waals surface area contributed by atoms with Gasteiger partial charge in [0, 0.05) is 11.6 Å². The van der Waals surface area contributed by atoms with Crippen molar-refractivity contribution in [3.8, 4) is 5.75 Å². The van der Waals surface area contributed by atoms with Crippen molar-refractivity contribution in [2.24, 2.45) is 5.10 Å². The van der Waals surface area contributed by atoms with E-state index in [4.69, 9.17) is 4.74 Å². The molecule has 30 heavy (non-hydrogen) atoms. The Balaban J connectivity index is 1.68. The van der Waals surface area contributed by atoms with Crippen LogP contribution in [-0.4, -0.2) is 18.2 Å². The van der Waals surface area contributed by atoms with Crippen LogP contribution in [0.3, 0.4) is 0 Å². The lowest BCUT2D eigenvalue weighted by Gasteiger charge is -2.18. The molecule has 0 spiro atoms. The molecule has 3 rings (SSSR count). The maximum absolute atomic E-state index is 12.3. The molecule has 0 radical (unpaired) electrons. The molecule has 1 N–H and O–H groups in total. The Morgan fingerprint density at radius 1 is 1.00 bits per heavy atom. The van der Waals surface area contributed by atoms with Gasteiger partial charge in [0.15, 0.2) is 6.61 Å². The summed E-state index contributed by atoms with van der Waals surface area (Å²) < 4.78 is 6.47. The molecule has 0 atom stereocenters. The van der Waals surface area contributed by atoms with Gasteiger partial charge < -0.3 is 4.74 Å². The second kappa shape index (κ2) is 10.7. The highest BCUT2D eigenvalue weighted by atomic mass is 79.9. The van der Waals surface area contributed by atoms with Gasteiger partial charge in [0.05, 0.1) is 4.47 Å². The zero-order valence-electron chi connectivity index (χ0n) is 17.1. The van der Waals surface area contributed by atoms with Crippen LogP contribution in [-0.2, 0) is 11.2 Å². The first kappa shape index (κ1) is 21.8. The lowest BCUT2D eigenvalue weighted by atomic mass is 9.88. The molecule has 0 heterocycles. The zero-order chi connectivity index (χ0) is 21.3. The first-order valence-electron chi connectivity index (χ1n) is 9.92. The van der Waals surface area contributed by atoms with Gasteiger partial charge in [-0.25, -0.2) is 5.43 Å². The average Bonchev–Trinajstić information content (AvgIpc) is 2.78. The van der Waals surface area contributed by atoms with Gasteiger partial charge in [0.1, 0.15) is 5.75 Å². The van der Waals surface area contributed by atoms with Crippen molar-refractivity contribution in [1.29, 1.82) is 0 Å². The van der Waals surface area contributed by atoms with Crippen LogP contribution in [0.1, 0.15) is 36.5 Å². The van der Waals surface area contributed by atoms with Crippen LogP contribution >= 0.6 is 15.9 Å². The standard InChI is InChI=1S/C25H25BrN2O2/c1-3-19-14-15-23(22(26)16-19)30-17-24(29)28-27-18(2)25(20-10-6-4-7-11-20)21-12-8-5-9-13-21/h4-16,25H,3,17H2,1-2H3,(H,28,29)/b27-18+. The largest absolute Gasteiger partial charge is 0.483 e. The van der Waals surface area contributed by atoms with E-state index in [9.17, 15) is 4.79 Å². The fourth-order valence-electron chi connectivity index (χ4n) is 3.24. The molecular weight excluding hydrogens is 440 g/mol. The topological polar surface area (TPSA) is 50.7 Å². The fourth-order valence-corrected chi connectivity index (χ4v) is 3.78. The number of halogens is 1. The van der Waals surface area contributed by atoms with Crippen molar-refractivity contribution in [3.63, 3.8) is 0 Å². The number of nitrogens with one attached hydrogen (secondary N) is 1. The first-order chi connectivity index (χ1) is 14.6. The van der Waals surface area contributed by atoms with Gasteiger partial charge in [-0.15, -0.1) is 0 Å². The monoisotopic (exact) mass is 464 g/mol. The summed E-state index contributed by atoms with van der Waals surface area (Å²) in [5, 5.41) is 4.36. The summed E-state index contributed by atoms with van der Waals surface area (Å²) in [6.07, 6.45) is 0.942. The van der Waals surface area contributed by atoms with E-state index in [2.05, 4.69) is 57.6 Å². The maximum Gasteiger partial charge on any atom is 0.277 e. The normalized spacial score (nSPS) is 11.4. The first-order valence-corrected chi connectivity index (χ1v) is 10.7. The molecule has 0 saturated carbocycles. The van der Waals surface area contributed by atoms with Crippen LogP contribution in [0, 0.1) is 0 Å². The number of nitrogens with zero attached hydrogens (tertiary/aromatic N) is 1. The van der Waals surface area contributed by atoms with E-state index >= 15 is 0 Å². The minimum absolute atomic E-state index is 0.0376. The molecule has 0 unspecified atom stereocenters. The van der Waals surface area contributed by atoms with Gasteiger partial charge in [-0.2, -0.15) is 5.10 Å². The number of benzene rings is 3. The Bertz CT molecular complexity index is 965. The SMILES string of the molecule is CCc1ccc(OCC(=O)N/N=C(\C)C(c2ccccc2)c2ccccc2)c(Br)c1. The Kier molecular flexibility index (Phi) is 7.80. The van der Waals surface area contributed by atoms with Crippen LogP contribution < -0.4 is 10.2 Å². The summed E-state index contributed by atoms with van der Waals surface area (Å²) in [7, 11) is 0. The van der Waals surface area contributed by atoms with Crippen LogP contribution in [0.25, 0.3) is 0 Å². The van der Waals surface area contributed by atoms with Crippen molar-refractivity contribution in [1.82, 2.24) is 5.43 Å². The predicted octanol–water partition coefficient (Wildman–Crippen LogP) is 5.71. The molecule has 0 aliphatic rings.